The lowest BCUT2D eigenvalue weighted by Gasteiger charge is -2.17. The molecule has 0 aromatic carbocycles. The minimum atomic E-state index is -1.01. The largest absolute Gasteiger partial charge is 0.480 e. The van der Waals surface area contributed by atoms with Gasteiger partial charge in [-0.1, -0.05) is 13.3 Å². The standard InChI is InChI=1S/C14H22N2O4/c1-3-5-12(13(17)18)16-14(19)15-10(2)7-8-11-6-4-9-20-11/h4,6,9-10,12H,3,5,7-8H2,1-2H3,(H,17,18)(H2,15,16,19). The molecule has 3 N–H and O–H groups in total. The number of carboxylic acid groups (broad SMARTS) is 1. The quantitative estimate of drug-likeness (QED) is 0.681. The fraction of sp³-hybridized carbons (Fsp3) is 0.571. The van der Waals surface area contributed by atoms with Crippen LogP contribution in [0.1, 0.15) is 38.9 Å². The number of amides is 2. The molecule has 1 aromatic rings. The Morgan fingerprint density at radius 3 is 2.65 bits per heavy atom. The second-order valence-electron chi connectivity index (χ2n) is 4.82. The van der Waals surface area contributed by atoms with Gasteiger partial charge in [-0.25, -0.2) is 9.59 Å². The summed E-state index contributed by atoms with van der Waals surface area (Å²) in [6.45, 7) is 3.75. The van der Waals surface area contributed by atoms with E-state index < -0.39 is 18.0 Å². The number of hydrogen-bond acceptors (Lipinski definition) is 3. The lowest BCUT2D eigenvalue weighted by Crippen LogP contribution is -2.48. The maximum atomic E-state index is 11.7. The molecular formula is C14H22N2O4. The molecular weight excluding hydrogens is 260 g/mol. The van der Waals surface area contributed by atoms with E-state index in [2.05, 4.69) is 10.6 Å². The number of carboxylic acids is 1. The second-order valence-corrected chi connectivity index (χ2v) is 4.82. The van der Waals surface area contributed by atoms with Gasteiger partial charge < -0.3 is 20.2 Å². The molecule has 1 aromatic heterocycles. The number of rotatable bonds is 8. The van der Waals surface area contributed by atoms with E-state index in [0.29, 0.717) is 12.8 Å². The summed E-state index contributed by atoms with van der Waals surface area (Å²) in [5, 5.41) is 14.2. The van der Waals surface area contributed by atoms with Crippen molar-refractivity contribution in [1.82, 2.24) is 10.6 Å². The highest BCUT2D eigenvalue weighted by atomic mass is 16.4. The zero-order chi connectivity index (χ0) is 15.0. The van der Waals surface area contributed by atoms with Crippen molar-refractivity contribution in [3.8, 4) is 0 Å². The number of nitrogens with one attached hydrogen (secondary N) is 2. The first-order chi connectivity index (χ1) is 9.52. The topological polar surface area (TPSA) is 91.6 Å². The van der Waals surface area contributed by atoms with Crippen LogP contribution in [-0.2, 0) is 11.2 Å². The van der Waals surface area contributed by atoms with Gasteiger partial charge in [0.2, 0.25) is 0 Å². The third kappa shape index (κ3) is 5.77. The Morgan fingerprint density at radius 2 is 2.10 bits per heavy atom. The van der Waals surface area contributed by atoms with Crippen molar-refractivity contribution >= 4 is 12.0 Å². The average Bonchev–Trinajstić information content (AvgIpc) is 2.88. The highest BCUT2D eigenvalue weighted by Crippen LogP contribution is 2.05. The van der Waals surface area contributed by atoms with Gasteiger partial charge in [-0.05, 0) is 31.9 Å². The van der Waals surface area contributed by atoms with Gasteiger partial charge in [0.05, 0.1) is 6.26 Å². The molecule has 6 heteroatoms. The monoisotopic (exact) mass is 282 g/mol. The van der Waals surface area contributed by atoms with Crippen molar-refractivity contribution < 1.29 is 19.1 Å². The van der Waals surface area contributed by atoms with Crippen molar-refractivity contribution in [3.05, 3.63) is 24.2 Å². The van der Waals surface area contributed by atoms with Gasteiger partial charge in [0.25, 0.3) is 0 Å². The minimum Gasteiger partial charge on any atom is -0.480 e. The molecule has 2 amide bonds. The summed E-state index contributed by atoms with van der Waals surface area (Å²) in [5.41, 5.74) is 0. The minimum absolute atomic E-state index is 0.0591. The number of aliphatic carboxylic acids is 1. The molecule has 0 fully saturated rings. The Labute approximate surface area is 118 Å². The lowest BCUT2D eigenvalue weighted by molar-refractivity contribution is -0.139. The van der Waals surface area contributed by atoms with E-state index in [1.807, 2.05) is 26.0 Å². The van der Waals surface area contributed by atoms with Gasteiger partial charge in [-0.15, -0.1) is 0 Å². The van der Waals surface area contributed by atoms with Crippen molar-refractivity contribution in [2.75, 3.05) is 0 Å². The third-order valence-corrected chi connectivity index (χ3v) is 2.96. The van der Waals surface area contributed by atoms with E-state index in [1.165, 1.54) is 0 Å². The molecule has 0 aliphatic carbocycles. The summed E-state index contributed by atoms with van der Waals surface area (Å²) in [6, 6.07) is 2.36. The van der Waals surface area contributed by atoms with Crippen molar-refractivity contribution in [2.24, 2.45) is 0 Å². The summed E-state index contributed by atoms with van der Waals surface area (Å²) in [5.74, 6) is -0.140. The van der Waals surface area contributed by atoms with Crippen LogP contribution < -0.4 is 10.6 Å². The molecule has 2 atom stereocenters. The van der Waals surface area contributed by atoms with E-state index in [9.17, 15) is 9.59 Å². The fourth-order valence-electron chi connectivity index (χ4n) is 1.86. The molecule has 20 heavy (non-hydrogen) atoms. The molecule has 1 heterocycles. The second kappa shape index (κ2) is 8.24. The molecule has 2 unspecified atom stereocenters. The first-order valence-corrected chi connectivity index (χ1v) is 6.85. The van der Waals surface area contributed by atoms with Gasteiger partial charge in [-0.3, -0.25) is 0 Å². The first-order valence-electron chi connectivity index (χ1n) is 6.85. The van der Waals surface area contributed by atoms with Crippen molar-refractivity contribution in [3.63, 3.8) is 0 Å². The molecule has 0 aliphatic rings. The predicted octanol–water partition coefficient (Wildman–Crippen LogP) is 2.15. The van der Waals surface area contributed by atoms with Crippen LogP contribution in [0.15, 0.2) is 22.8 Å². The molecule has 6 nitrogen and oxygen atoms in total. The number of urea groups is 1. The third-order valence-electron chi connectivity index (χ3n) is 2.96. The summed E-state index contributed by atoms with van der Waals surface area (Å²) in [4.78, 5) is 22.6. The van der Waals surface area contributed by atoms with Crippen LogP contribution >= 0.6 is 0 Å². The molecule has 0 spiro atoms. The summed E-state index contributed by atoms with van der Waals surface area (Å²) in [7, 11) is 0. The Kier molecular flexibility index (Phi) is 6.63. The Bertz CT molecular complexity index is 417. The highest BCUT2D eigenvalue weighted by molar-refractivity contribution is 5.82. The lowest BCUT2D eigenvalue weighted by atomic mass is 10.1. The fourth-order valence-corrected chi connectivity index (χ4v) is 1.86. The van der Waals surface area contributed by atoms with Gasteiger partial charge >= 0.3 is 12.0 Å². The summed E-state index contributed by atoms with van der Waals surface area (Å²) in [6.07, 6.45) is 4.19. The molecule has 112 valence electrons. The summed E-state index contributed by atoms with van der Waals surface area (Å²) >= 11 is 0. The van der Waals surface area contributed by atoms with Crippen molar-refractivity contribution in [2.45, 2.75) is 51.6 Å². The van der Waals surface area contributed by atoms with Gasteiger partial charge in [0.15, 0.2) is 0 Å². The highest BCUT2D eigenvalue weighted by Gasteiger charge is 2.19. The number of hydrogen-bond donors (Lipinski definition) is 3. The van der Waals surface area contributed by atoms with Gasteiger partial charge in [-0.2, -0.15) is 0 Å². The smallest absolute Gasteiger partial charge is 0.326 e. The molecule has 0 saturated carbocycles. The molecule has 0 aliphatic heterocycles. The molecule has 0 radical (unpaired) electrons. The number of furan rings is 1. The van der Waals surface area contributed by atoms with Gasteiger partial charge in [0, 0.05) is 12.5 Å². The predicted molar refractivity (Wildman–Crippen MR) is 74.5 cm³/mol. The number of carbonyl (C=O) groups is 2. The van der Waals surface area contributed by atoms with Crippen LogP contribution in [-0.4, -0.2) is 29.2 Å². The summed E-state index contributed by atoms with van der Waals surface area (Å²) < 4.78 is 5.21. The zero-order valence-corrected chi connectivity index (χ0v) is 11.9. The van der Waals surface area contributed by atoms with E-state index in [-0.39, 0.29) is 6.04 Å². The van der Waals surface area contributed by atoms with Crippen LogP contribution in [0.3, 0.4) is 0 Å². The molecule has 1 rings (SSSR count). The van der Waals surface area contributed by atoms with E-state index in [4.69, 9.17) is 9.52 Å². The van der Waals surface area contributed by atoms with E-state index in [1.54, 1.807) is 6.26 Å². The number of aryl methyl sites for hydroxylation is 1. The normalized spacial score (nSPS) is 13.5. The molecule has 0 bridgehead atoms. The van der Waals surface area contributed by atoms with Crippen LogP contribution in [0.5, 0.6) is 0 Å². The average molecular weight is 282 g/mol. The zero-order valence-electron chi connectivity index (χ0n) is 11.9. The van der Waals surface area contributed by atoms with E-state index >= 15 is 0 Å². The van der Waals surface area contributed by atoms with Crippen LogP contribution in [0.4, 0.5) is 4.79 Å². The van der Waals surface area contributed by atoms with Crippen molar-refractivity contribution in [1.29, 1.82) is 0 Å². The maximum Gasteiger partial charge on any atom is 0.326 e. The maximum absolute atomic E-state index is 11.7. The first kappa shape index (κ1) is 16.1. The van der Waals surface area contributed by atoms with Crippen LogP contribution in [0, 0.1) is 0 Å². The Balaban J connectivity index is 2.31. The van der Waals surface area contributed by atoms with Crippen LogP contribution in [0.2, 0.25) is 0 Å². The van der Waals surface area contributed by atoms with Gasteiger partial charge in [0.1, 0.15) is 11.8 Å². The Hall–Kier alpha value is -1.98. The SMILES string of the molecule is CCCC(NC(=O)NC(C)CCc1ccco1)C(=O)O. The number of carbonyl (C=O) groups excluding carboxylic acids is 1. The van der Waals surface area contributed by atoms with Crippen LogP contribution in [0.25, 0.3) is 0 Å². The Morgan fingerprint density at radius 1 is 1.35 bits per heavy atom. The molecule has 0 saturated heterocycles. The van der Waals surface area contributed by atoms with E-state index in [0.717, 1.165) is 18.6 Å².